The van der Waals surface area contributed by atoms with Gasteiger partial charge in [0.2, 0.25) is 0 Å². The maximum atomic E-state index is 14.1. The summed E-state index contributed by atoms with van der Waals surface area (Å²) in [6.07, 6.45) is 0.00612. The first-order valence-corrected chi connectivity index (χ1v) is 11.9. The number of benzene rings is 1. The Morgan fingerprint density at radius 1 is 0.964 bits per heavy atom. The number of rotatable bonds is 9. The Morgan fingerprint density at radius 3 is 1.82 bits per heavy atom. The molecule has 158 valence electrons. The van der Waals surface area contributed by atoms with E-state index in [0.717, 1.165) is 12.1 Å². The Bertz CT molecular complexity index is 648. The minimum atomic E-state index is -3.72. The van der Waals surface area contributed by atoms with Crippen LogP contribution in [0.3, 0.4) is 0 Å². The molecule has 0 fully saturated rings. The van der Waals surface area contributed by atoms with Crippen molar-refractivity contribution in [3.63, 3.8) is 0 Å². The molecule has 1 rings (SSSR count). The van der Waals surface area contributed by atoms with Crippen LogP contribution in [0.15, 0.2) is 24.3 Å². The number of hydrogen-bond acceptors (Lipinski definition) is 4. The highest BCUT2D eigenvalue weighted by Gasteiger charge is 2.48. The molecule has 0 spiro atoms. The van der Waals surface area contributed by atoms with Crippen LogP contribution in [-0.4, -0.2) is 26.9 Å². The van der Waals surface area contributed by atoms with Crippen LogP contribution in [0.5, 0.6) is 0 Å². The number of halogens is 2. The summed E-state index contributed by atoms with van der Waals surface area (Å²) in [4.78, 5) is 24.0. The molecule has 0 unspecified atom stereocenters. The third-order valence-corrected chi connectivity index (χ3v) is 11.2. The molecule has 0 amide bonds. The fraction of sp³-hybridized carbons (Fsp3) is 0.619. The third kappa shape index (κ3) is 5.19. The molecule has 1 aromatic carbocycles. The van der Waals surface area contributed by atoms with Gasteiger partial charge in [-0.15, -0.1) is 0 Å². The van der Waals surface area contributed by atoms with E-state index in [2.05, 4.69) is 46.3 Å². The molecule has 4 nitrogen and oxygen atoms in total. The van der Waals surface area contributed by atoms with Gasteiger partial charge in [-0.1, -0.05) is 65.8 Å². The Morgan fingerprint density at radius 2 is 1.43 bits per heavy atom. The smallest absolute Gasteiger partial charge is 0.381 e. The third-order valence-electron chi connectivity index (χ3n) is 5.19. The lowest BCUT2D eigenvalue weighted by Gasteiger charge is -2.41. The van der Waals surface area contributed by atoms with Gasteiger partial charge in [0.25, 0.3) is 14.3 Å². The Kier molecular flexibility index (Phi) is 8.35. The highest BCUT2D eigenvalue weighted by atomic mass is 28.4. The first-order valence-electron chi connectivity index (χ1n) is 9.75. The molecule has 0 atom stereocenters. The second-order valence-electron chi connectivity index (χ2n) is 7.96. The average Bonchev–Trinajstić information content (AvgIpc) is 2.59. The normalized spacial score (nSPS) is 12.6. The van der Waals surface area contributed by atoms with Gasteiger partial charge in [0.1, 0.15) is 0 Å². The molecule has 1 aromatic rings. The molecule has 0 aliphatic carbocycles. The number of carbonyl (C=O) groups is 2. The Hall–Kier alpha value is -1.76. The molecule has 0 saturated carbocycles. The van der Waals surface area contributed by atoms with E-state index in [9.17, 15) is 18.4 Å². The number of esters is 1. The summed E-state index contributed by atoms with van der Waals surface area (Å²) in [5.74, 6) is -5.64. The predicted octanol–water partition coefficient (Wildman–Crippen LogP) is 5.60. The van der Waals surface area contributed by atoms with Gasteiger partial charge >= 0.3 is 11.9 Å². The van der Waals surface area contributed by atoms with Crippen LogP contribution < -0.4 is 0 Å². The van der Waals surface area contributed by atoms with Crippen LogP contribution in [0.2, 0.25) is 16.6 Å². The van der Waals surface area contributed by atoms with E-state index in [4.69, 9.17) is 4.43 Å². The number of carbonyl (C=O) groups excluding carboxylic acids is 2. The first-order chi connectivity index (χ1) is 12.9. The molecule has 0 radical (unpaired) electrons. The summed E-state index contributed by atoms with van der Waals surface area (Å²) in [6, 6.07) is 5.15. The zero-order valence-corrected chi connectivity index (χ0v) is 18.8. The molecular weight excluding hydrogens is 382 g/mol. The fourth-order valence-corrected chi connectivity index (χ4v) is 9.10. The number of ether oxygens (including phenoxy) is 1. The van der Waals surface area contributed by atoms with Crippen molar-refractivity contribution in [2.45, 2.75) is 77.4 Å². The van der Waals surface area contributed by atoms with Gasteiger partial charge in [0.15, 0.2) is 0 Å². The van der Waals surface area contributed by atoms with Crippen molar-refractivity contribution in [3.8, 4) is 0 Å². The molecule has 0 saturated heterocycles. The van der Waals surface area contributed by atoms with Crippen molar-refractivity contribution in [2.75, 3.05) is 6.61 Å². The van der Waals surface area contributed by atoms with Gasteiger partial charge in [0, 0.05) is 5.56 Å². The lowest BCUT2D eigenvalue weighted by molar-refractivity contribution is -0.173. The van der Waals surface area contributed by atoms with Crippen LogP contribution in [0.25, 0.3) is 0 Å². The number of hydrogen-bond donors (Lipinski definition) is 0. The van der Waals surface area contributed by atoms with Gasteiger partial charge < -0.3 is 9.16 Å². The molecule has 28 heavy (non-hydrogen) atoms. The lowest BCUT2D eigenvalue weighted by atomic mass is 10.0. The van der Waals surface area contributed by atoms with Crippen LogP contribution in [0, 0.1) is 0 Å². The van der Waals surface area contributed by atoms with E-state index < -0.39 is 25.8 Å². The molecule has 7 heteroatoms. The minimum absolute atomic E-state index is 0.00612. The SMILES string of the molecule is CCOC(=O)C(F)(F)c1ccc(CC(=O)O[Si](C(C)C)(C(C)C)C(C)C)cc1. The van der Waals surface area contributed by atoms with E-state index in [-0.39, 0.29) is 35.6 Å². The quantitative estimate of drug-likeness (QED) is 0.390. The minimum Gasteiger partial charge on any atom is -0.518 e. The van der Waals surface area contributed by atoms with E-state index in [1.807, 2.05) is 0 Å². The molecule has 0 heterocycles. The number of alkyl halides is 2. The zero-order chi connectivity index (χ0) is 21.7. The first kappa shape index (κ1) is 24.3. The van der Waals surface area contributed by atoms with Crippen LogP contribution in [0.1, 0.15) is 59.6 Å². The zero-order valence-electron chi connectivity index (χ0n) is 17.8. The molecule has 0 bridgehead atoms. The molecule has 0 aliphatic heterocycles. The monoisotopic (exact) mass is 414 g/mol. The van der Waals surface area contributed by atoms with Crippen molar-refractivity contribution in [1.29, 1.82) is 0 Å². The molecule has 0 N–H and O–H groups in total. The highest BCUT2D eigenvalue weighted by molar-refractivity contribution is 6.78. The van der Waals surface area contributed by atoms with Crippen molar-refractivity contribution in [2.24, 2.45) is 0 Å². The van der Waals surface area contributed by atoms with Gasteiger partial charge in [0.05, 0.1) is 13.0 Å². The summed E-state index contributed by atoms with van der Waals surface area (Å²) < 4.78 is 38.6. The van der Waals surface area contributed by atoms with Gasteiger partial charge in [-0.05, 0) is 29.1 Å². The Labute approximate surface area is 167 Å². The van der Waals surface area contributed by atoms with Crippen molar-refractivity contribution in [3.05, 3.63) is 35.4 Å². The summed E-state index contributed by atoms with van der Waals surface area (Å²) in [5, 5.41) is 0. The predicted molar refractivity (Wildman–Crippen MR) is 108 cm³/mol. The van der Waals surface area contributed by atoms with Crippen LogP contribution in [-0.2, 0) is 31.1 Å². The van der Waals surface area contributed by atoms with E-state index >= 15 is 0 Å². The second-order valence-corrected chi connectivity index (χ2v) is 13.3. The largest absolute Gasteiger partial charge is 0.518 e. The van der Waals surface area contributed by atoms with Crippen molar-refractivity contribution < 1.29 is 27.5 Å². The van der Waals surface area contributed by atoms with Gasteiger partial charge in [-0.3, -0.25) is 4.79 Å². The standard InChI is InChI=1S/C21H32F2O4Si/c1-8-26-20(25)21(22,23)18-11-9-17(10-12-18)13-19(24)27-28(14(2)3,15(4)5)16(6)7/h9-12,14-16H,8,13H2,1-7H3. The van der Waals surface area contributed by atoms with Crippen LogP contribution >= 0.6 is 0 Å². The molecule has 0 aromatic heterocycles. The lowest BCUT2D eigenvalue weighted by Crippen LogP contribution is -2.49. The second kappa shape index (κ2) is 9.63. The van der Waals surface area contributed by atoms with E-state index in [1.165, 1.54) is 19.1 Å². The molecular formula is C21H32F2O4Si. The van der Waals surface area contributed by atoms with E-state index in [0.29, 0.717) is 5.56 Å². The maximum Gasteiger partial charge on any atom is 0.381 e. The van der Waals surface area contributed by atoms with Crippen LogP contribution in [0.4, 0.5) is 8.78 Å². The topological polar surface area (TPSA) is 52.6 Å². The highest BCUT2D eigenvalue weighted by Crippen LogP contribution is 2.42. The van der Waals surface area contributed by atoms with Gasteiger partial charge in [-0.2, -0.15) is 8.78 Å². The van der Waals surface area contributed by atoms with Crippen molar-refractivity contribution >= 4 is 20.3 Å². The Balaban J connectivity index is 2.95. The summed E-state index contributed by atoms with van der Waals surface area (Å²) in [6.45, 7) is 13.9. The molecule has 0 aliphatic rings. The maximum absolute atomic E-state index is 14.1. The van der Waals surface area contributed by atoms with Gasteiger partial charge in [-0.25, -0.2) is 4.79 Å². The average molecular weight is 415 g/mol. The fourth-order valence-electron chi connectivity index (χ4n) is 3.92. The summed E-state index contributed by atoms with van der Waals surface area (Å²) in [7, 11) is -2.34. The summed E-state index contributed by atoms with van der Waals surface area (Å²) >= 11 is 0. The summed E-state index contributed by atoms with van der Waals surface area (Å²) in [5.41, 5.74) is 0.900. The van der Waals surface area contributed by atoms with Crippen molar-refractivity contribution in [1.82, 2.24) is 0 Å². The van der Waals surface area contributed by atoms with E-state index in [1.54, 1.807) is 0 Å².